The van der Waals surface area contributed by atoms with Gasteiger partial charge in [0.25, 0.3) is 0 Å². The van der Waals surface area contributed by atoms with Gasteiger partial charge in [0.1, 0.15) is 0 Å². The minimum absolute atomic E-state index is 0.998. The van der Waals surface area contributed by atoms with Gasteiger partial charge in [0.15, 0.2) is 0 Å². The van der Waals surface area contributed by atoms with Gasteiger partial charge in [0, 0.05) is 0 Å². The maximum Gasteiger partial charge on any atom is -0.00988 e. The van der Waals surface area contributed by atoms with Gasteiger partial charge in [-0.15, -0.1) is 0 Å². The number of hydrogen-bond donors (Lipinski definition) is 0. The van der Waals surface area contributed by atoms with Crippen molar-refractivity contribution in [2.45, 2.75) is 0 Å². The first-order chi connectivity index (χ1) is 30.4. The van der Waals surface area contributed by atoms with Crippen molar-refractivity contribution in [2.24, 2.45) is 0 Å². The van der Waals surface area contributed by atoms with Crippen molar-refractivity contribution in [3.05, 3.63) is 301 Å². The zero-order valence-corrected chi connectivity index (χ0v) is 34.8. The summed E-state index contributed by atoms with van der Waals surface area (Å²) in [6.45, 7) is 17.8. The van der Waals surface area contributed by atoms with E-state index < -0.39 is 0 Å². The number of rotatable bonds is 12. The molecule has 0 spiro atoms. The first-order valence-corrected chi connectivity index (χ1v) is 21.0. The summed E-state index contributed by atoms with van der Waals surface area (Å²) in [5.74, 6) is 0. The van der Waals surface area contributed by atoms with Gasteiger partial charge in [0.2, 0.25) is 0 Å². The highest BCUT2D eigenvalue weighted by Gasteiger charge is 2.18. The van der Waals surface area contributed by atoms with Crippen LogP contribution in [0.25, 0.3) is 66.8 Å². The van der Waals surface area contributed by atoms with Crippen molar-refractivity contribution < 1.29 is 0 Å². The zero-order valence-electron chi connectivity index (χ0n) is 34.8. The molecule has 9 aromatic rings. The van der Waals surface area contributed by atoms with E-state index in [9.17, 15) is 0 Å². The van der Waals surface area contributed by atoms with Gasteiger partial charge >= 0.3 is 0 Å². The molecule has 0 fully saturated rings. The highest BCUT2D eigenvalue weighted by molar-refractivity contribution is 5.96. The molecule has 0 aliphatic rings. The molecule has 0 radical (unpaired) electrons. The van der Waals surface area contributed by atoms with E-state index in [4.69, 9.17) is 0 Å². The van der Waals surface area contributed by atoms with Crippen molar-refractivity contribution in [3.8, 4) is 44.5 Å². The summed E-state index contributed by atoms with van der Waals surface area (Å²) in [7, 11) is 0. The minimum atomic E-state index is 0.998. The standard InChI is InChI=1S/C62H46/c1-43(47-17-9-5-10-18-47)51-25-33-55(34-26-51)59-41-61(57-37-29-53(30-38-57)45(3)49-21-13-7-14-22-49)62(58-39-31-54(32-40-58)46(4)50-23-15-8-16-24-50)42-60(59)56-35-27-52(28-36-56)44(2)48-19-11-6-12-20-48/h5-42H,1-4H2. The fraction of sp³-hybridized carbons (Fsp3) is 0. The lowest BCUT2D eigenvalue weighted by Gasteiger charge is -2.20. The molecular weight excluding hydrogens is 745 g/mol. The third-order valence-electron chi connectivity index (χ3n) is 11.8. The van der Waals surface area contributed by atoms with Crippen molar-refractivity contribution >= 4 is 22.3 Å². The predicted molar refractivity (Wildman–Crippen MR) is 266 cm³/mol. The van der Waals surface area contributed by atoms with Gasteiger partial charge in [-0.05, 0) is 123 Å². The van der Waals surface area contributed by atoms with E-state index in [2.05, 4.69) is 233 Å². The molecule has 0 bridgehead atoms. The third-order valence-corrected chi connectivity index (χ3v) is 11.8. The van der Waals surface area contributed by atoms with Crippen LogP contribution in [-0.2, 0) is 0 Å². The molecule has 0 N–H and O–H groups in total. The number of hydrogen-bond acceptors (Lipinski definition) is 0. The number of benzene rings is 9. The molecule has 0 heteroatoms. The first kappa shape index (κ1) is 39.4. The van der Waals surface area contributed by atoms with Crippen molar-refractivity contribution in [1.29, 1.82) is 0 Å². The zero-order chi connectivity index (χ0) is 42.4. The Balaban J connectivity index is 1.19. The summed E-state index contributed by atoms with van der Waals surface area (Å²) in [4.78, 5) is 0. The largest absolute Gasteiger partial charge is 0.0906 e. The van der Waals surface area contributed by atoms with Crippen LogP contribution in [0, 0.1) is 0 Å². The Bertz CT molecular complexity index is 2600. The maximum atomic E-state index is 4.46. The minimum Gasteiger partial charge on any atom is -0.0906 e. The monoisotopic (exact) mass is 790 g/mol. The van der Waals surface area contributed by atoms with Crippen LogP contribution < -0.4 is 0 Å². The van der Waals surface area contributed by atoms with Gasteiger partial charge in [-0.25, -0.2) is 0 Å². The van der Waals surface area contributed by atoms with Crippen LogP contribution in [0.4, 0.5) is 0 Å². The predicted octanol–water partition coefficient (Wildman–Crippen LogP) is 16.6. The summed E-state index contributed by atoms with van der Waals surface area (Å²) in [5.41, 5.74) is 21.9. The molecule has 0 atom stereocenters. The van der Waals surface area contributed by atoms with Crippen molar-refractivity contribution in [2.75, 3.05) is 0 Å². The third kappa shape index (κ3) is 8.23. The Labute approximate surface area is 366 Å². The Morgan fingerprint density at radius 2 is 0.355 bits per heavy atom. The second kappa shape index (κ2) is 17.7. The Hall–Kier alpha value is -8.06. The second-order valence-electron chi connectivity index (χ2n) is 15.6. The van der Waals surface area contributed by atoms with Crippen molar-refractivity contribution in [3.63, 3.8) is 0 Å². The molecule has 0 saturated heterocycles. The van der Waals surface area contributed by atoms with E-state index in [1.165, 1.54) is 0 Å². The highest BCUT2D eigenvalue weighted by atomic mass is 14.2. The first-order valence-electron chi connectivity index (χ1n) is 21.0. The lowest BCUT2D eigenvalue weighted by atomic mass is 9.84. The molecule has 0 saturated carbocycles. The molecular formula is C62H46. The molecule has 0 aliphatic carbocycles. The van der Waals surface area contributed by atoms with Crippen LogP contribution in [0.2, 0.25) is 0 Å². The smallest absolute Gasteiger partial charge is 0.00988 e. The van der Waals surface area contributed by atoms with Gasteiger partial charge in [-0.1, -0.05) is 245 Å². The fourth-order valence-corrected chi connectivity index (χ4v) is 8.18. The van der Waals surface area contributed by atoms with Gasteiger partial charge in [0.05, 0.1) is 0 Å². The molecule has 0 heterocycles. The average molecular weight is 791 g/mol. The van der Waals surface area contributed by atoms with Crippen LogP contribution in [0.3, 0.4) is 0 Å². The second-order valence-corrected chi connectivity index (χ2v) is 15.6. The van der Waals surface area contributed by atoms with E-state index in [0.717, 1.165) is 111 Å². The molecule has 9 rings (SSSR count). The summed E-state index contributed by atoms with van der Waals surface area (Å²) in [5, 5.41) is 0. The van der Waals surface area contributed by atoms with Crippen LogP contribution in [0.5, 0.6) is 0 Å². The average Bonchev–Trinajstić information content (AvgIpc) is 3.36. The molecule has 9 aromatic carbocycles. The molecule has 294 valence electrons. The van der Waals surface area contributed by atoms with Gasteiger partial charge in [-0.3, -0.25) is 0 Å². The van der Waals surface area contributed by atoms with E-state index in [0.29, 0.717) is 0 Å². The molecule has 62 heavy (non-hydrogen) atoms. The summed E-state index contributed by atoms with van der Waals surface area (Å²) in [6, 6.07) is 81.6. The van der Waals surface area contributed by atoms with E-state index in [1.807, 2.05) is 24.3 Å². The molecule has 0 aliphatic heterocycles. The molecule has 0 nitrogen and oxygen atoms in total. The highest BCUT2D eigenvalue weighted by Crippen LogP contribution is 2.43. The van der Waals surface area contributed by atoms with E-state index in [1.54, 1.807) is 0 Å². The van der Waals surface area contributed by atoms with Crippen LogP contribution in [-0.4, -0.2) is 0 Å². The normalized spacial score (nSPS) is 10.8. The Morgan fingerprint density at radius 1 is 0.194 bits per heavy atom. The molecule has 0 unspecified atom stereocenters. The quantitative estimate of drug-likeness (QED) is 0.116. The van der Waals surface area contributed by atoms with Crippen LogP contribution in [0.1, 0.15) is 44.5 Å². The van der Waals surface area contributed by atoms with Crippen LogP contribution in [0.15, 0.2) is 257 Å². The van der Waals surface area contributed by atoms with Crippen LogP contribution >= 0.6 is 0 Å². The molecule has 0 amide bonds. The van der Waals surface area contributed by atoms with E-state index in [-0.39, 0.29) is 0 Å². The fourth-order valence-electron chi connectivity index (χ4n) is 8.18. The Morgan fingerprint density at radius 3 is 0.532 bits per heavy atom. The van der Waals surface area contributed by atoms with Gasteiger partial charge in [-0.2, -0.15) is 0 Å². The van der Waals surface area contributed by atoms with E-state index >= 15 is 0 Å². The van der Waals surface area contributed by atoms with Crippen molar-refractivity contribution in [1.82, 2.24) is 0 Å². The lowest BCUT2D eigenvalue weighted by molar-refractivity contribution is 1.50. The SMILES string of the molecule is C=C(c1ccccc1)c1ccc(-c2cc(-c3ccc(C(=C)c4ccccc4)cc3)c(-c3ccc(C(=C)c4ccccc4)cc3)cc2-c2ccc(C(=C)c3ccccc3)cc2)cc1. The topological polar surface area (TPSA) is 0 Å². The lowest BCUT2D eigenvalue weighted by Crippen LogP contribution is -1.94. The Kier molecular flexibility index (Phi) is 11.2. The van der Waals surface area contributed by atoms with Gasteiger partial charge < -0.3 is 0 Å². The molecule has 0 aromatic heterocycles. The summed E-state index contributed by atoms with van der Waals surface area (Å²) < 4.78 is 0. The maximum absolute atomic E-state index is 4.46. The summed E-state index contributed by atoms with van der Waals surface area (Å²) >= 11 is 0. The summed E-state index contributed by atoms with van der Waals surface area (Å²) in [6.07, 6.45) is 0.